The van der Waals surface area contributed by atoms with E-state index >= 15 is 0 Å². The van der Waals surface area contributed by atoms with Crippen LogP contribution in [0.4, 0.5) is 17.1 Å². The molecule has 2 aromatic carbocycles. The van der Waals surface area contributed by atoms with E-state index in [1.807, 2.05) is 38.1 Å². The predicted molar refractivity (Wildman–Crippen MR) is 103 cm³/mol. The number of hydrogen-bond acceptors (Lipinski definition) is 4. The Morgan fingerprint density at radius 1 is 1.04 bits per heavy atom. The zero-order valence-corrected chi connectivity index (χ0v) is 14.6. The number of aromatic nitrogens is 1. The molecule has 0 saturated carbocycles. The molecule has 128 valence electrons. The van der Waals surface area contributed by atoms with Gasteiger partial charge in [0, 0.05) is 23.3 Å². The highest BCUT2D eigenvalue weighted by Crippen LogP contribution is 2.22. The summed E-state index contributed by atoms with van der Waals surface area (Å²) in [5.74, 6) is -0.329. The first kappa shape index (κ1) is 17.2. The van der Waals surface area contributed by atoms with Crippen molar-refractivity contribution in [2.24, 2.45) is 0 Å². The number of pyridine rings is 1. The van der Waals surface area contributed by atoms with Gasteiger partial charge in [0.05, 0.1) is 11.6 Å². The monoisotopic (exact) mass is 342 g/mol. The standard InChI is InChI=1S/C21H18N4O/c1-14-6-7-19(15(2)10-14)24-18-8-9-23-20(12-18)21(26)25-17-5-3-4-16(11-17)13-22/h3-12H,1-2H3,(H,23,24)(H,25,26). The fourth-order valence-electron chi connectivity index (χ4n) is 2.60. The van der Waals surface area contributed by atoms with E-state index in [4.69, 9.17) is 5.26 Å². The van der Waals surface area contributed by atoms with Gasteiger partial charge in [0.25, 0.3) is 5.91 Å². The Kier molecular flexibility index (Phi) is 4.95. The Hall–Kier alpha value is -3.65. The van der Waals surface area contributed by atoms with Crippen LogP contribution in [-0.2, 0) is 0 Å². The molecule has 0 bridgehead atoms. The predicted octanol–water partition coefficient (Wildman–Crippen LogP) is 4.57. The molecule has 3 aromatic rings. The summed E-state index contributed by atoms with van der Waals surface area (Å²) in [7, 11) is 0. The van der Waals surface area contributed by atoms with Gasteiger partial charge < -0.3 is 10.6 Å². The van der Waals surface area contributed by atoms with E-state index in [2.05, 4.69) is 21.7 Å². The highest BCUT2D eigenvalue weighted by molar-refractivity contribution is 6.03. The van der Waals surface area contributed by atoms with Crippen molar-refractivity contribution in [3.63, 3.8) is 0 Å². The van der Waals surface area contributed by atoms with Crippen LogP contribution in [0.2, 0.25) is 0 Å². The first-order valence-corrected chi connectivity index (χ1v) is 8.17. The molecule has 1 heterocycles. The van der Waals surface area contributed by atoms with Gasteiger partial charge in [-0.15, -0.1) is 0 Å². The number of anilines is 3. The van der Waals surface area contributed by atoms with Gasteiger partial charge in [0.2, 0.25) is 0 Å². The van der Waals surface area contributed by atoms with Crippen LogP contribution in [0.5, 0.6) is 0 Å². The molecular weight excluding hydrogens is 324 g/mol. The number of hydrogen-bond donors (Lipinski definition) is 2. The molecule has 0 radical (unpaired) electrons. The van der Waals surface area contributed by atoms with Crippen molar-refractivity contribution < 1.29 is 4.79 Å². The molecule has 5 nitrogen and oxygen atoms in total. The third kappa shape index (κ3) is 4.05. The van der Waals surface area contributed by atoms with E-state index in [1.165, 1.54) is 5.56 Å². The maximum Gasteiger partial charge on any atom is 0.274 e. The lowest BCUT2D eigenvalue weighted by atomic mass is 10.1. The average molecular weight is 342 g/mol. The number of aryl methyl sites for hydroxylation is 2. The third-order valence-electron chi connectivity index (χ3n) is 3.90. The number of nitriles is 1. The lowest BCUT2D eigenvalue weighted by Crippen LogP contribution is -2.14. The average Bonchev–Trinajstić information content (AvgIpc) is 2.64. The van der Waals surface area contributed by atoms with Crippen LogP contribution in [-0.4, -0.2) is 10.9 Å². The van der Waals surface area contributed by atoms with E-state index in [-0.39, 0.29) is 5.91 Å². The van der Waals surface area contributed by atoms with Crippen LogP contribution >= 0.6 is 0 Å². The van der Waals surface area contributed by atoms with Gasteiger partial charge in [-0.2, -0.15) is 5.26 Å². The highest BCUT2D eigenvalue weighted by atomic mass is 16.1. The zero-order chi connectivity index (χ0) is 18.5. The zero-order valence-electron chi connectivity index (χ0n) is 14.6. The third-order valence-corrected chi connectivity index (χ3v) is 3.90. The maximum absolute atomic E-state index is 12.4. The molecule has 0 spiro atoms. The molecule has 0 aliphatic rings. The first-order chi connectivity index (χ1) is 12.5. The van der Waals surface area contributed by atoms with Crippen LogP contribution in [0.15, 0.2) is 60.8 Å². The minimum atomic E-state index is -0.329. The minimum absolute atomic E-state index is 0.294. The molecule has 0 unspecified atom stereocenters. The summed E-state index contributed by atoms with van der Waals surface area (Å²) in [6, 6.07) is 18.5. The van der Waals surface area contributed by atoms with Crippen molar-refractivity contribution >= 4 is 23.0 Å². The molecule has 0 saturated heterocycles. The van der Waals surface area contributed by atoms with Crippen molar-refractivity contribution in [3.8, 4) is 6.07 Å². The number of carbonyl (C=O) groups is 1. The number of carbonyl (C=O) groups excluding carboxylic acids is 1. The van der Waals surface area contributed by atoms with Gasteiger partial charge in [-0.25, -0.2) is 0 Å². The second-order valence-electron chi connectivity index (χ2n) is 6.02. The highest BCUT2D eigenvalue weighted by Gasteiger charge is 2.09. The van der Waals surface area contributed by atoms with E-state index in [9.17, 15) is 4.79 Å². The largest absolute Gasteiger partial charge is 0.355 e. The summed E-state index contributed by atoms with van der Waals surface area (Å²) in [6.45, 7) is 4.08. The molecule has 0 fully saturated rings. The molecule has 1 amide bonds. The Morgan fingerprint density at radius 3 is 2.65 bits per heavy atom. The molecule has 0 aliphatic carbocycles. The van der Waals surface area contributed by atoms with Crippen molar-refractivity contribution in [2.75, 3.05) is 10.6 Å². The molecular formula is C21H18N4O. The number of amides is 1. The second kappa shape index (κ2) is 7.49. The lowest BCUT2D eigenvalue weighted by molar-refractivity contribution is 0.102. The fourth-order valence-corrected chi connectivity index (χ4v) is 2.60. The molecule has 0 atom stereocenters. The minimum Gasteiger partial charge on any atom is -0.355 e. The molecule has 26 heavy (non-hydrogen) atoms. The maximum atomic E-state index is 12.4. The van der Waals surface area contributed by atoms with Crippen molar-refractivity contribution in [1.29, 1.82) is 5.26 Å². The van der Waals surface area contributed by atoms with Gasteiger partial charge in [0.1, 0.15) is 5.69 Å². The quantitative estimate of drug-likeness (QED) is 0.728. The summed E-state index contributed by atoms with van der Waals surface area (Å²) in [6.07, 6.45) is 1.59. The van der Waals surface area contributed by atoms with Gasteiger partial charge in [-0.3, -0.25) is 9.78 Å². The van der Waals surface area contributed by atoms with Crippen molar-refractivity contribution in [2.45, 2.75) is 13.8 Å². The number of nitrogens with one attached hydrogen (secondary N) is 2. The number of nitrogens with zero attached hydrogens (tertiary/aromatic N) is 2. The number of rotatable bonds is 4. The van der Waals surface area contributed by atoms with E-state index in [0.29, 0.717) is 16.9 Å². The molecule has 2 N–H and O–H groups in total. The van der Waals surface area contributed by atoms with E-state index < -0.39 is 0 Å². The molecule has 5 heteroatoms. The molecule has 3 rings (SSSR count). The van der Waals surface area contributed by atoms with E-state index in [0.717, 1.165) is 16.9 Å². The van der Waals surface area contributed by atoms with Crippen LogP contribution < -0.4 is 10.6 Å². The van der Waals surface area contributed by atoms with Gasteiger partial charge in [-0.05, 0) is 55.8 Å². The number of benzene rings is 2. The second-order valence-corrected chi connectivity index (χ2v) is 6.02. The summed E-state index contributed by atoms with van der Waals surface area (Å²) < 4.78 is 0. The smallest absolute Gasteiger partial charge is 0.274 e. The Bertz CT molecular complexity index is 1000. The topological polar surface area (TPSA) is 77.8 Å². The summed E-state index contributed by atoms with van der Waals surface area (Å²) in [5, 5.41) is 15.0. The SMILES string of the molecule is Cc1ccc(Nc2ccnc(C(=O)Nc3cccc(C#N)c3)c2)c(C)c1. The van der Waals surface area contributed by atoms with Crippen LogP contribution in [0, 0.1) is 25.2 Å². The molecule has 1 aromatic heterocycles. The van der Waals surface area contributed by atoms with Gasteiger partial charge in [0.15, 0.2) is 0 Å². The van der Waals surface area contributed by atoms with Gasteiger partial charge >= 0.3 is 0 Å². The normalized spacial score (nSPS) is 10.0. The summed E-state index contributed by atoms with van der Waals surface area (Å²) >= 11 is 0. The van der Waals surface area contributed by atoms with Crippen molar-refractivity contribution in [1.82, 2.24) is 4.98 Å². The summed E-state index contributed by atoms with van der Waals surface area (Å²) in [4.78, 5) is 16.6. The van der Waals surface area contributed by atoms with Crippen LogP contribution in [0.25, 0.3) is 0 Å². The van der Waals surface area contributed by atoms with Crippen LogP contribution in [0.1, 0.15) is 27.2 Å². The summed E-state index contributed by atoms with van der Waals surface area (Å²) in [5.41, 5.74) is 5.42. The lowest BCUT2D eigenvalue weighted by Gasteiger charge is -2.11. The van der Waals surface area contributed by atoms with E-state index in [1.54, 1.807) is 36.5 Å². The Labute approximate surface area is 152 Å². The van der Waals surface area contributed by atoms with Crippen molar-refractivity contribution in [3.05, 3.63) is 83.2 Å². The first-order valence-electron chi connectivity index (χ1n) is 8.17. The Balaban J connectivity index is 1.78. The fraction of sp³-hybridized carbons (Fsp3) is 0.0952. The van der Waals surface area contributed by atoms with Gasteiger partial charge in [-0.1, -0.05) is 23.8 Å². The van der Waals surface area contributed by atoms with Crippen LogP contribution in [0.3, 0.4) is 0 Å². The Morgan fingerprint density at radius 2 is 1.88 bits per heavy atom. The molecule has 0 aliphatic heterocycles.